The summed E-state index contributed by atoms with van der Waals surface area (Å²) < 4.78 is 107. The molecule has 14 atom stereocenters. The number of methoxy groups -OCH3 is 2. The molecule has 10 rings (SSSR count). The van der Waals surface area contributed by atoms with Crippen LogP contribution in [0.2, 0.25) is 0 Å². The largest absolute Gasteiger partial charge is 0.478 e. The predicted molar refractivity (Wildman–Crippen MR) is 323 cm³/mol. The van der Waals surface area contributed by atoms with E-state index in [2.05, 4.69) is 9.97 Å². The summed E-state index contributed by atoms with van der Waals surface area (Å²) in [6.45, 7) is 7.31. The highest BCUT2D eigenvalue weighted by Crippen LogP contribution is 2.67. The van der Waals surface area contributed by atoms with Crippen LogP contribution in [-0.4, -0.2) is 173 Å². The number of halogens is 4. The van der Waals surface area contributed by atoms with Gasteiger partial charge in [-0.15, -0.1) is 0 Å². The molecule has 4 aliphatic heterocycles. The summed E-state index contributed by atoms with van der Waals surface area (Å²) in [5.41, 5.74) is 2.46. The molecule has 33 heteroatoms. The minimum Gasteiger partial charge on any atom is -0.478 e. The number of aliphatic hydroxyl groups is 3. The highest BCUT2D eigenvalue weighted by atomic mass is 19.3. The molecule has 4 bridgehead atoms. The van der Waals surface area contributed by atoms with Gasteiger partial charge in [0.25, 0.3) is 0 Å². The predicted octanol–water partition coefficient (Wildman–Crippen LogP) is 3.64. The molecule has 6 fully saturated rings. The lowest BCUT2D eigenvalue weighted by molar-refractivity contribution is -0.236. The van der Waals surface area contributed by atoms with Crippen molar-refractivity contribution < 1.29 is 119 Å². The number of carboxylic acid groups (broad SMARTS) is 1. The number of rotatable bonds is 15. The Bertz CT molecular complexity index is 3810. The second-order valence-corrected chi connectivity index (χ2v) is 25.2. The maximum absolute atomic E-state index is 14.8. The lowest BCUT2D eigenvalue weighted by atomic mass is 9.62. The van der Waals surface area contributed by atoms with E-state index in [0.717, 1.165) is 24.5 Å². The average molecular weight is 1370 g/mol. The monoisotopic (exact) mass is 1370 g/mol. The summed E-state index contributed by atoms with van der Waals surface area (Å²) in [5, 5.41) is 37.4. The molecule has 8 N–H and O–H groups in total. The summed E-state index contributed by atoms with van der Waals surface area (Å²) in [5.74, 6) is -13.9. The number of carbonyl (C=O) groups excluding carboxylic acids is 7. The SMILES string of the molecule is COC(=O)C1=CC[C@@]23CC[C@@H]([C@@](C)(/C=C/C=C(\C)C(=O)O)OC2=O)[C@@]3(OC(C)=O)CC1.COC(=O)C1=CC[C@@]23CC[C@@H]([C@@](C)(/C=C/C=C(\C)C(=O)OCC4OC(n5ccc(N)nc5=O)C(F)(F)[C@H]4O)OC2=O)[C@@]3(OC(C)=O)CC1.Nc1ccn(C2OC(CO)[C@H](O)C2(F)F)c(=O)n1. The number of ether oxygens (including phenoxy) is 9. The Morgan fingerprint density at radius 2 is 1.05 bits per heavy atom. The number of allylic oxidation sites excluding steroid dienone is 6. The van der Waals surface area contributed by atoms with Crippen molar-refractivity contribution in [1.82, 2.24) is 19.1 Å². The third-order valence-electron chi connectivity index (χ3n) is 19.5. The van der Waals surface area contributed by atoms with E-state index in [-0.39, 0.29) is 54.4 Å². The third-order valence-corrected chi connectivity index (χ3v) is 19.5. The van der Waals surface area contributed by atoms with Crippen molar-refractivity contribution in [3.05, 3.63) is 116 Å². The fraction of sp³-hybridized carbons (Fsp3) is 0.562. The Morgan fingerprint density at radius 3 is 1.42 bits per heavy atom. The van der Waals surface area contributed by atoms with Gasteiger partial charge in [-0.25, -0.2) is 28.8 Å². The number of cyclic esters (lactones) is 2. The maximum Gasteiger partial charge on any atom is 0.351 e. The molecule has 29 nitrogen and oxygen atoms in total. The molecule has 528 valence electrons. The van der Waals surface area contributed by atoms with Gasteiger partial charge in [0.1, 0.15) is 63.7 Å². The van der Waals surface area contributed by atoms with E-state index in [1.54, 1.807) is 44.2 Å². The van der Waals surface area contributed by atoms with E-state index < -0.39 is 160 Å². The zero-order valence-electron chi connectivity index (χ0n) is 54.0. The van der Waals surface area contributed by atoms with Crippen molar-refractivity contribution in [3.8, 4) is 0 Å². The van der Waals surface area contributed by atoms with Gasteiger partial charge < -0.3 is 74.5 Å². The maximum atomic E-state index is 14.8. The van der Waals surface area contributed by atoms with Crippen molar-refractivity contribution in [2.24, 2.45) is 22.7 Å². The van der Waals surface area contributed by atoms with Crippen molar-refractivity contribution in [2.45, 2.75) is 177 Å². The highest BCUT2D eigenvalue weighted by Gasteiger charge is 2.76. The number of hydrogen-bond donors (Lipinski definition) is 6. The quantitative estimate of drug-likeness (QED) is 0.0487. The summed E-state index contributed by atoms with van der Waals surface area (Å²) in [7, 11) is 2.56. The molecule has 2 aromatic rings. The Labute approximate surface area is 550 Å². The minimum atomic E-state index is -3.92. The van der Waals surface area contributed by atoms with Gasteiger partial charge in [-0.3, -0.25) is 28.3 Å². The van der Waals surface area contributed by atoms with Crippen LogP contribution in [0.1, 0.15) is 118 Å². The number of aliphatic hydroxyl groups excluding tert-OH is 3. The molecular weight excluding hydrogens is 1300 g/mol. The Morgan fingerprint density at radius 1 is 0.649 bits per heavy atom. The van der Waals surface area contributed by atoms with Gasteiger partial charge in [-0.05, 0) is 116 Å². The number of anilines is 2. The summed E-state index contributed by atoms with van der Waals surface area (Å²) in [4.78, 5) is 130. The first-order valence-corrected chi connectivity index (χ1v) is 30.7. The number of carbonyl (C=O) groups is 8. The number of hydrogen-bond acceptors (Lipinski definition) is 26. The van der Waals surface area contributed by atoms with Crippen LogP contribution in [0.15, 0.2) is 105 Å². The number of aliphatic carboxylic acids is 1. The van der Waals surface area contributed by atoms with Crippen molar-refractivity contribution >= 4 is 59.4 Å². The van der Waals surface area contributed by atoms with Gasteiger partial charge >= 0.3 is 71.0 Å². The second-order valence-electron chi connectivity index (χ2n) is 25.2. The second kappa shape index (κ2) is 27.9. The first kappa shape index (κ1) is 73.9. The Kier molecular flexibility index (Phi) is 21.2. The lowest BCUT2D eigenvalue weighted by Gasteiger charge is -2.54. The van der Waals surface area contributed by atoms with E-state index in [9.17, 15) is 75.7 Å². The first-order valence-electron chi connectivity index (χ1n) is 30.7. The fourth-order valence-electron chi connectivity index (χ4n) is 14.6. The van der Waals surface area contributed by atoms with Crippen molar-refractivity contribution in [1.29, 1.82) is 0 Å². The molecule has 4 aliphatic carbocycles. The zero-order valence-corrected chi connectivity index (χ0v) is 54.0. The molecule has 6 heterocycles. The van der Waals surface area contributed by atoms with Crippen LogP contribution in [-0.2, 0) is 81.0 Å². The molecule has 0 aromatic carbocycles. The van der Waals surface area contributed by atoms with E-state index in [1.165, 1.54) is 60.1 Å². The smallest absolute Gasteiger partial charge is 0.351 e. The standard InChI is InChI=1S/C32H37F2N3O11.C23H28O8.C9H11F2N3O4/c1-17(24(40)45-16-20-23(39)32(33,34)26(46-20)37-15-10-22(35)36-28(37)43)6-5-11-29(3)21-9-13-30(27(42)48-29)12-7-19(25(41)44-4)8-14-31(21,30)47-18(2)38;1-14(18(25)26)6-5-10-21(3)17-9-12-22(20(28)31-21)11-7-16(19(27)29-4)8-13-23(17,22)30-15(2)24;10-9(11)6(16)4(3-15)18-7(9)14-2-1-5(12)13-8(14)17/h5-7,10-11,15,20-21,23,26,39H,8-9,12-14,16H2,1-4H3,(H2,35,36,43);5-7,10,17H,8-9,11-13H2,1-4H3,(H,25,26);1-2,4,6-7,15-16H,3H2,(H2,12,13,17)/b11-5+,17-6+;10-5+,14-6+;/t20?,21-,23-,26?,29+,30+,31-;17-,21+,22+,23-;4?,6-,7?/m000/s1. The van der Waals surface area contributed by atoms with Gasteiger partial charge in [-0.2, -0.15) is 27.5 Å². The fourth-order valence-corrected chi connectivity index (χ4v) is 14.6. The van der Waals surface area contributed by atoms with Crippen molar-refractivity contribution in [2.75, 3.05) is 38.9 Å². The molecule has 0 spiro atoms. The summed E-state index contributed by atoms with van der Waals surface area (Å²) >= 11 is 0. The van der Waals surface area contributed by atoms with E-state index in [4.69, 9.17) is 64.3 Å². The number of nitrogens with two attached hydrogens (primary N) is 2. The van der Waals surface area contributed by atoms with Crippen LogP contribution in [0.4, 0.5) is 29.2 Å². The number of alkyl halides is 4. The molecule has 4 saturated heterocycles. The van der Waals surface area contributed by atoms with Crippen molar-refractivity contribution in [3.63, 3.8) is 0 Å². The third kappa shape index (κ3) is 13.5. The molecular formula is C64H76F4N6O23. The van der Waals surface area contributed by atoms with E-state index in [1.807, 2.05) is 0 Å². The van der Waals surface area contributed by atoms with Crippen LogP contribution in [0.25, 0.3) is 0 Å². The molecule has 97 heavy (non-hydrogen) atoms. The molecule has 4 unspecified atom stereocenters. The van der Waals surface area contributed by atoms with Gasteiger partial charge in [0, 0.05) is 60.4 Å². The van der Waals surface area contributed by atoms with Crippen LogP contribution in [0, 0.1) is 22.7 Å². The molecule has 8 aliphatic rings. The first-order chi connectivity index (χ1) is 45.4. The van der Waals surface area contributed by atoms with Crippen LogP contribution < -0.4 is 22.8 Å². The van der Waals surface area contributed by atoms with Gasteiger partial charge in [0.05, 0.1) is 20.8 Å². The van der Waals surface area contributed by atoms with Crippen LogP contribution in [0.5, 0.6) is 0 Å². The van der Waals surface area contributed by atoms with E-state index in [0.29, 0.717) is 58.8 Å². The lowest BCUT2D eigenvalue weighted by Crippen LogP contribution is -2.65. The van der Waals surface area contributed by atoms with Gasteiger partial charge in [0.2, 0.25) is 12.5 Å². The number of esters is 7. The number of carboxylic acids is 1. The van der Waals surface area contributed by atoms with Gasteiger partial charge in [-0.1, -0.05) is 36.5 Å². The van der Waals surface area contributed by atoms with Crippen LogP contribution in [0.3, 0.4) is 0 Å². The topological polar surface area (TPSA) is 422 Å². The minimum absolute atomic E-state index is 0.0311. The number of nitrogen functional groups attached to an aromatic ring is 2. The average Bonchev–Trinajstić information content (AvgIpc) is 1.56. The summed E-state index contributed by atoms with van der Waals surface area (Å²) in [6, 6.07) is 2.27. The number of nitrogens with zero attached hydrogens (tertiary/aromatic N) is 4. The van der Waals surface area contributed by atoms with E-state index >= 15 is 0 Å². The van der Waals surface area contributed by atoms with Gasteiger partial charge in [0.15, 0.2) is 12.2 Å². The number of aromatic nitrogens is 4. The highest BCUT2D eigenvalue weighted by molar-refractivity contribution is 5.91. The Balaban J connectivity index is 0.000000208. The molecule has 2 aromatic heterocycles. The molecule has 0 amide bonds. The Hall–Kier alpha value is -8.92. The summed E-state index contributed by atoms with van der Waals surface area (Å²) in [6.07, 6.45) is 5.62. The zero-order chi connectivity index (χ0) is 71.8. The van der Waals surface area contributed by atoms with Crippen LogP contribution >= 0.6 is 0 Å². The molecule has 2 saturated carbocycles. The normalized spacial score (nSPS) is 33.7. The molecule has 0 radical (unpaired) electrons.